The van der Waals surface area contributed by atoms with Crippen LogP contribution < -0.4 is 0 Å². The monoisotopic (exact) mass is 642 g/mol. The number of Topliss-reactive ketones (excluding diaryl/α,β-unsaturated/α-hetero) is 1. The average molecular weight is 643 g/mol. The zero-order valence-corrected chi connectivity index (χ0v) is 29.0. The van der Waals surface area contributed by atoms with Gasteiger partial charge in [-0.05, 0) is 62.5 Å². The van der Waals surface area contributed by atoms with Crippen molar-refractivity contribution < 1.29 is 43.2 Å². The molecule has 0 spiro atoms. The van der Waals surface area contributed by atoms with E-state index in [4.69, 9.17) is 18.6 Å². The number of hydrogen-bond donors (Lipinski definition) is 2. The molecule has 248 valence electrons. The first-order chi connectivity index (χ1) is 21.1. The largest absolute Gasteiger partial charge is 0.455 e. The van der Waals surface area contributed by atoms with Gasteiger partial charge in [0, 0.05) is 18.8 Å². The fourth-order valence-corrected chi connectivity index (χ4v) is 12.1. The molecule has 1 unspecified atom stereocenters. The van der Waals surface area contributed by atoms with Crippen LogP contribution in [0.1, 0.15) is 85.0 Å². The molecule has 8 atom stereocenters. The molecule has 5 rings (SSSR count). The van der Waals surface area contributed by atoms with Crippen LogP contribution in [0.25, 0.3) is 0 Å². The van der Waals surface area contributed by atoms with Gasteiger partial charge in [-0.25, -0.2) is 4.79 Å². The number of aliphatic hydroxyl groups excluding tert-OH is 1. The van der Waals surface area contributed by atoms with Crippen molar-refractivity contribution in [1.29, 1.82) is 0 Å². The molecule has 1 saturated heterocycles. The Hall–Kier alpha value is -2.37. The number of carbonyl (C=O) groups excluding carboxylic acids is 3. The van der Waals surface area contributed by atoms with E-state index in [1.807, 2.05) is 6.92 Å². The molecule has 1 heterocycles. The Balaban J connectivity index is 1.82. The Morgan fingerprint density at radius 3 is 2.22 bits per heavy atom. The highest BCUT2D eigenvalue weighted by atomic mass is 28.4. The van der Waals surface area contributed by atoms with Gasteiger partial charge in [-0.1, -0.05) is 58.4 Å². The van der Waals surface area contributed by atoms with Crippen molar-refractivity contribution in [3.8, 4) is 0 Å². The van der Waals surface area contributed by atoms with Crippen molar-refractivity contribution in [1.82, 2.24) is 0 Å². The van der Waals surface area contributed by atoms with E-state index in [0.29, 0.717) is 12.0 Å². The number of esters is 2. The summed E-state index contributed by atoms with van der Waals surface area (Å²) in [6.07, 6.45) is -3.40. The predicted octanol–water partition coefficient (Wildman–Crippen LogP) is 5.14. The molecule has 0 radical (unpaired) electrons. The maximum Gasteiger partial charge on any atom is 0.338 e. The molecule has 2 bridgehead atoms. The minimum Gasteiger partial charge on any atom is -0.455 e. The van der Waals surface area contributed by atoms with E-state index in [9.17, 15) is 19.8 Å². The molecule has 1 aromatic carbocycles. The first-order valence-corrected chi connectivity index (χ1v) is 19.0. The number of fused-ring (bicyclic) bond motifs is 5. The van der Waals surface area contributed by atoms with Crippen LogP contribution in [0, 0.1) is 16.7 Å². The number of ketones is 1. The van der Waals surface area contributed by atoms with Gasteiger partial charge in [-0.15, -0.1) is 0 Å². The molecule has 1 aromatic rings. The van der Waals surface area contributed by atoms with Gasteiger partial charge >= 0.3 is 11.9 Å². The van der Waals surface area contributed by atoms with Crippen molar-refractivity contribution in [2.24, 2.45) is 16.7 Å². The molecule has 9 nitrogen and oxygen atoms in total. The van der Waals surface area contributed by atoms with Crippen molar-refractivity contribution >= 4 is 26.0 Å². The van der Waals surface area contributed by atoms with Crippen LogP contribution >= 0.6 is 0 Å². The van der Waals surface area contributed by atoms with Crippen molar-refractivity contribution in [3.05, 3.63) is 47.0 Å². The van der Waals surface area contributed by atoms with Crippen LogP contribution in [0.2, 0.25) is 18.1 Å². The third kappa shape index (κ3) is 4.89. The van der Waals surface area contributed by atoms with Crippen molar-refractivity contribution in [2.75, 3.05) is 6.61 Å². The van der Waals surface area contributed by atoms with Gasteiger partial charge < -0.3 is 28.8 Å². The summed E-state index contributed by atoms with van der Waals surface area (Å²) in [5.74, 6) is -2.79. The van der Waals surface area contributed by atoms with E-state index in [1.54, 1.807) is 51.1 Å². The molecule has 2 N–H and O–H groups in total. The summed E-state index contributed by atoms with van der Waals surface area (Å²) in [6.45, 7) is 14.8. The second-order valence-corrected chi connectivity index (χ2v) is 19.1. The lowest BCUT2D eigenvalue weighted by molar-refractivity contribution is -0.343. The molecule has 0 aromatic heterocycles. The third-order valence-corrected chi connectivity index (χ3v) is 16.8. The highest BCUT2D eigenvalue weighted by Gasteiger charge is 2.78. The zero-order valence-electron chi connectivity index (χ0n) is 28.0. The van der Waals surface area contributed by atoms with Gasteiger partial charge in [0.1, 0.15) is 23.9 Å². The lowest BCUT2D eigenvalue weighted by Crippen LogP contribution is -2.82. The number of aliphatic hydroxyl groups is 2. The normalized spacial score (nSPS) is 37.4. The minimum atomic E-state index is -2.37. The number of ether oxygens (including phenoxy) is 3. The van der Waals surface area contributed by atoms with Gasteiger partial charge in [-0.2, -0.15) is 0 Å². The van der Waals surface area contributed by atoms with E-state index < -0.39 is 78.4 Å². The Morgan fingerprint density at radius 2 is 1.69 bits per heavy atom. The number of benzene rings is 1. The van der Waals surface area contributed by atoms with Gasteiger partial charge in [-0.3, -0.25) is 9.59 Å². The van der Waals surface area contributed by atoms with Crippen LogP contribution in [-0.2, 0) is 28.2 Å². The summed E-state index contributed by atoms with van der Waals surface area (Å²) in [5.41, 5.74) is -4.30. The summed E-state index contributed by atoms with van der Waals surface area (Å²) in [5, 5.41) is 25.1. The molecule has 3 fully saturated rings. The Labute approximate surface area is 267 Å². The van der Waals surface area contributed by atoms with E-state index in [-0.39, 0.29) is 25.0 Å². The van der Waals surface area contributed by atoms with Gasteiger partial charge in [0.05, 0.1) is 29.6 Å². The maximum atomic E-state index is 15.1. The van der Waals surface area contributed by atoms with E-state index in [0.717, 1.165) is 23.7 Å². The second kappa shape index (κ2) is 11.7. The van der Waals surface area contributed by atoms with Crippen LogP contribution in [0.15, 0.2) is 41.5 Å². The average Bonchev–Trinajstić information content (AvgIpc) is 3.00. The lowest BCUT2D eigenvalue weighted by atomic mass is 9.45. The Kier molecular flexibility index (Phi) is 8.83. The molecule has 0 amide bonds. The van der Waals surface area contributed by atoms with Gasteiger partial charge in [0.25, 0.3) is 0 Å². The molecule has 1 aliphatic heterocycles. The van der Waals surface area contributed by atoms with E-state index >= 15 is 4.79 Å². The molecule has 3 aliphatic carbocycles. The third-order valence-electron chi connectivity index (χ3n) is 12.1. The molecular weight excluding hydrogens is 592 g/mol. The summed E-state index contributed by atoms with van der Waals surface area (Å²) < 4.78 is 25.9. The first-order valence-electron chi connectivity index (χ1n) is 16.5. The number of carbonyl (C=O) groups is 3. The molecule has 2 saturated carbocycles. The number of rotatable bonds is 8. The summed E-state index contributed by atoms with van der Waals surface area (Å²) >= 11 is 0. The molecule has 4 aliphatic rings. The smallest absolute Gasteiger partial charge is 0.338 e. The summed E-state index contributed by atoms with van der Waals surface area (Å²) in [7, 11) is -2.37. The van der Waals surface area contributed by atoms with Crippen molar-refractivity contribution in [2.45, 2.75) is 128 Å². The number of allylic oxidation sites excluding steroid dienone is 1. The van der Waals surface area contributed by atoms with Crippen LogP contribution in [0.5, 0.6) is 0 Å². The standard InChI is InChI=1S/C35H50O9Si/c1-9-45(10-2,11-3)44-24-19-25-34(20-41-25,43-22(5)36)28-30(42-31(39)23-15-13-12-14-16-23)35(40)18-17-21(4)26(32(35,6)7)27(37)29(38)33(24,28)8/h12-16,24-25,27-28,30,37,40H,9-11,17-20H2,1-8H3/t24-,25+,27+,28?,30-,33+,34-,35+/m0/s1. The summed E-state index contributed by atoms with van der Waals surface area (Å²) in [4.78, 5) is 41.9. The topological polar surface area (TPSA) is 129 Å². The first kappa shape index (κ1) is 34.0. The zero-order chi connectivity index (χ0) is 33.2. The minimum absolute atomic E-state index is 0.0386. The van der Waals surface area contributed by atoms with Gasteiger partial charge in [0.2, 0.25) is 0 Å². The van der Waals surface area contributed by atoms with Gasteiger partial charge in [0.15, 0.2) is 19.7 Å². The second-order valence-electron chi connectivity index (χ2n) is 14.4. The fourth-order valence-electron chi connectivity index (χ4n) is 9.14. The van der Waals surface area contributed by atoms with Crippen LogP contribution in [0.4, 0.5) is 0 Å². The van der Waals surface area contributed by atoms with E-state index in [2.05, 4.69) is 20.8 Å². The quantitative estimate of drug-likeness (QED) is 0.225. The number of hydrogen-bond acceptors (Lipinski definition) is 9. The molecule has 45 heavy (non-hydrogen) atoms. The van der Waals surface area contributed by atoms with Crippen molar-refractivity contribution in [3.63, 3.8) is 0 Å². The highest BCUT2D eigenvalue weighted by Crippen LogP contribution is 2.64. The molecule has 10 heteroatoms. The van der Waals surface area contributed by atoms with Crippen LogP contribution in [0.3, 0.4) is 0 Å². The Bertz CT molecular complexity index is 1360. The van der Waals surface area contributed by atoms with Crippen LogP contribution in [-0.4, -0.2) is 78.5 Å². The van der Waals surface area contributed by atoms with E-state index in [1.165, 1.54) is 6.92 Å². The maximum absolute atomic E-state index is 15.1. The highest BCUT2D eigenvalue weighted by molar-refractivity contribution is 6.73. The summed E-state index contributed by atoms with van der Waals surface area (Å²) in [6, 6.07) is 11.0. The SMILES string of the molecule is CC[Si](CC)(CC)O[C@H]1C[C@H]2OC[C@@]2(OC(C)=O)C2[C@H](OC(=O)c3ccccc3)[C@]3(O)CCC(C)=C([C@@H](O)C(=O)[C@@]21C)C3(C)C. The molecular formula is C35H50O9Si. The Morgan fingerprint density at radius 1 is 1.07 bits per heavy atom. The lowest BCUT2D eigenvalue weighted by Gasteiger charge is -2.68. The fraction of sp³-hybridized carbons (Fsp3) is 0.686. The predicted molar refractivity (Wildman–Crippen MR) is 170 cm³/mol.